The second kappa shape index (κ2) is 10.7. The Morgan fingerprint density at radius 3 is 1.42 bits per heavy atom. The molecule has 168 valence electrons. The van der Waals surface area contributed by atoms with Crippen LogP contribution in [0.1, 0.15) is 37.8 Å². The molecule has 2 rings (SSSR count). The number of hydrogen-bond acceptors (Lipinski definition) is 4. The average molecular weight is 434 g/mol. The predicted molar refractivity (Wildman–Crippen MR) is 113 cm³/mol. The van der Waals surface area contributed by atoms with Crippen LogP contribution in [0.15, 0.2) is 48.5 Å². The molecule has 0 heterocycles. The van der Waals surface area contributed by atoms with Crippen LogP contribution in [-0.4, -0.2) is 40.0 Å². The summed E-state index contributed by atoms with van der Waals surface area (Å²) < 4.78 is 28.5. The fourth-order valence-electron chi connectivity index (χ4n) is 2.97. The highest BCUT2D eigenvalue weighted by Gasteiger charge is 2.47. The number of nitrogens with one attached hydrogen (secondary N) is 2. The summed E-state index contributed by atoms with van der Waals surface area (Å²) in [5.74, 6) is -7.18. The number of halogens is 2. The maximum Gasteiger partial charge on any atom is 0.400 e. The van der Waals surface area contributed by atoms with E-state index >= 15 is 0 Å². The molecule has 31 heavy (non-hydrogen) atoms. The van der Waals surface area contributed by atoms with Crippen LogP contribution in [-0.2, 0) is 22.4 Å². The van der Waals surface area contributed by atoms with Gasteiger partial charge in [0.15, 0.2) is 0 Å². The maximum absolute atomic E-state index is 14.3. The highest BCUT2D eigenvalue weighted by molar-refractivity contribution is 6.06. The summed E-state index contributed by atoms with van der Waals surface area (Å²) in [7, 11) is 0. The molecular formula is C23H28F2N2O4. The van der Waals surface area contributed by atoms with Gasteiger partial charge in [0.1, 0.15) is 11.5 Å². The van der Waals surface area contributed by atoms with Gasteiger partial charge in [-0.1, -0.05) is 24.3 Å². The molecule has 2 aromatic rings. The Labute approximate surface area is 180 Å². The summed E-state index contributed by atoms with van der Waals surface area (Å²) in [5.41, 5.74) is 1.79. The van der Waals surface area contributed by atoms with Crippen molar-refractivity contribution in [3.05, 3.63) is 59.7 Å². The van der Waals surface area contributed by atoms with E-state index in [1.54, 1.807) is 38.1 Å². The second-order valence-electron chi connectivity index (χ2n) is 7.73. The number of alkyl halides is 2. The minimum absolute atomic E-state index is 0.132. The summed E-state index contributed by atoms with van der Waals surface area (Å²) in [4.78, 5) is 24.0. The third-order valence-corrected chi connectivity index (χ3v) is 4.93. The van der Waals surface area contributed by atoms with Gasteiger partial charge < -0.3 is 20.8 Å². The molecule has 0 radical (unpaired) electrons. The smallest absolute Gasteiger partial charge is 0.400 e. The molecule has 0 aliphatic heterocycles. The quantitative estimate of drug-likeness (QED) is 0.431. The first-order chi connectivity index (χ1) is 14.6. The number of carbonyl (C=O) groups excluding carboxylic acids is 2. The third kappa shape index (κ3) is 7.55. The Bertz CT molecular complexity index is 799. The summed E-state index contributed by atoms with van der Waals surface area (Å²) in [6.45, 7) is 3.18. The number of aromatic hydroxyl groups is 2. The van der Waals surface area contributed by atoms with E-state index in [0.29, 0.717) is 25.7 Å². The number of phenolic OH excluding ortho intramolecular Hbond substituents is 2. The molecule has 2 atom stereocenters. The SMILES string of the molecule is CC(CCc1ccc(O)cc1)NC(=O)C(F)(F)C(=O)NC(C)CCc1ccc(O)cc1. The van der Waals surface area contributed by atoms with Crippen LogP contribution in [0.2, 0.25) is 0 Å². The topological polar surface area (TPSA) is 98.7 Å². The first-order valence-electron chi connectivity index (χ1n) is 10.1. The zero-order chi connectivity index (χ0) is 23.0. The van der Waals surface area contributed by atoms with Gasteiger partial charge in [-0.25, -0.2) is 0 Å². The molecule has 0 aromatic heterocycles. The molecule has 0 saturated carbocycles. The van der Waals surface area contributed by atoms with Crippen molar-refractivity contribution in [2.75, 3.05) is 0 Å². The maximum atomic E-state index is 14.3. The Kier molecular flexibility index (Phi) is 8.36. The molecule has 2 aromatic carbocycles. The second-order valence-corrected chi connectivity index (χ2v) is 7.73. The predicted octanol–water partition coefficient (Wildman–Crippen LogP) is 3.31. The lowest BCUT2D eigenvalue weighted by atomic mass is 10.1. The number of aryl methyl sites for hydroxylation is 2. The normalized spacial score (nSPS) is 13.3. The zero-order valence-corrected chi connectivity index (χ0v) is 17.6. The molecule has 0 aliphatic rings. The number of hydrogen-bond donors (Lipinski definition) is 4. The molecule has 0 aliphatic carbocycles. The molecule has 8 heteroatoms. The first-order valence-corrected chi connectivity index (χ1v) is 10.1. The molecule has 2 unspecified atom stereocenters. The minimum Gasteiger partial charge on any atom is -0.508 e. The van der Waals surface area contributed by atoms with Crippen LogP contribution >= 0.6 is 0 Å². The van der Waals surface area contributed by atoms with Gasteiger partial charge in [0.2, 0.25) is 0 Å². The summed E-state index contributed by atoms with van der Waals surface area (Å²) in [5, 5.41) is 22.9. The number of amides is 2. The number of phenols is 2. The van der Waals surface area contributed by atoms with Crippen LogP contribution in [0.4, 0.5) is 8.78 Å². The van der Waals surface area contributed by atoms with Gasteiger partial charge in [-0.05, 0) is 74.9 Å². The van der Waals surface area contributed by atoms with Crippen LogP contribution in [0.3, 0.4) is 0 Å². The molecular weight excluding hydrogens is 406 g/mol. The fourth-order valence-corrected chi connectivity index (χ4v) is 2.97. The number of rotatable bonds is 10. The number of benzene rings is 2. The van der Waals surface area contributed by atoms with E-state index < -0.39 is 29.8 Å². The van der Waals surface area contributed by atoms with Crippen LogP contribution in [0.25, 0.3) is 0 Å². The molecule has 0 spiro atoms. The van der Waals surface area contributed by atoms with E-state index in [-0.39, 0.29) is 11.5 Å². The third-order valence-electron chi connectivity index (χ3n) is 4.93. The van der Waals surface area contributed by atoms with Crippen molar-refractivity contribution in [3.63, 3.8) is 0 Å². The highest BCUT2D eigenvalue weighted by atomic mass is 19.3. The van der Waals surface area contributed by atoms with Gasteiger partial charge in [-0.3, -0.25) is 9.59 Å². The molecule has 0 bridgehead atoms. The monoisotopic (exact) mass is 434 g/mol. The van der Waals surface area contributed by atoms with Gasteiger partial charge in [-0.2, -0.15) is 8.78 Å². The van der Waals surface area contributed by atoms with E-state index in [2.05, 4.69) is 10.6 Å². The fraction of sp³-hybridized carbons (Fsp3) is 0.391. The largest absolute Gasteiger partial charge is 0.508 e. The molecule has 0 fully saturated rings. The Morgan fingerprint density at radius 2 is 1.10 bits per heavy atom. The van der Waals surface area contributed by atoms with Gasteiger partial charge in [0, 0.05) is 12.1 Å². The van der Waals surface area contributed by atoms with Crippen LogP contribution in [0.5, 0.6) is 11.5 Å². The standard InChI is InChI=1S/C23H28F2N2O4/c1-15(3-5-17-7-11-19(28)12-8-17)26-21(30)23(24,25)22(31)27-16(2)4-6-18-9-13-20(29)14-10-18/h7-16,28-29H,3-6H2,1-2H3,(H,26,30)(H,27,31). The zero-order valence-electron chi connectivity index (χ0n) is 17.6. The number of carbonyl (C=O) groups is 2. The summed E-state index contributed by atoms with van der Waals surface area (Å²) in [6.07, 6.45) is 1.84. The van der Waals surface area contributed by atoms with Crippen molar-refractivity contribution >= 4 is 11.8 Å². The Morgan fingerprint density at radius 1 is 0.774 bits per heavy atom. The lowest BCUT2D eigenvalue weighted by molar-refractivity contribution is -0.160. The van der Waals surface area contributed by atoms with Gasteiger partial charge in [0.25, 0.3) is 0 Å². The van der Waals surface area contributed by atoms with Crippen LogP contribution < -0.4 is 10.6 Å². The molecule has 2 amide bonds. The van der Waals surface area contributed by atoms with Crippen molar-refractivity contribution in [1.82, 2.24) is 10.6 Å². The van der Waals surface area contributed by atoms with Crippen molar-refractivity contribution in [1.29, 1.82) is 0 Å². The lowest BCUT2D eigenvalue weighted by Crippen LogP contribution is -2.54. The molecule has 4 N–H and O–H groups in total. The van der Waals surface area contributed by atoms with E-state index in [1.165, 1.54) is 24.3 Å². The molecule has 6 nitrogen and oxygen atoms in total. The van der Waals surface area contributed by atoms with Crippen molar-refractivity contribution < 1.29 is 28.6 Å². The minimum atomic E-state index is -4.18. The van der Waals surface area contributed by atoms with Gasteiger partial charge in [0.05, 0.1) is 0 Å². The van der Waals surface area contributed by atoms with Gasteiger partial charge >= 0.3 is 17.7 Å². The van der Waals surface area contributed by atoms with Crippen molar-refractivity contribution in [3.8, 4) is 11.5 Å². The van der Waals surface area contributed by atoms with Gasteiger partial charge in [-0.15, -0.1) is 0 Å². The summed E-state index contributed by atoms with van der Waals surface area (Å²) >= 11 is 0. The Balaban J connectivity index is 1.79. The van der Waals surface area contributed by atoms with E-state index in [4.69, 9.17) is 0 Å². The van der Waals surface area contributed by atoms with Crippen LogP contribution in [0, 0.1) is 0 Å². The van der Waals surface area contributed by atoms with E-state index in [0.717, 1.165) is 11.1 Å². The lowest BCUT2D eigenvalue weighted by Gasteiger charge is -2.21. The average Bonchev–Trinajstić information content (AvgIpc) is 2.72. The highest BCUT2D eigenvalue weighted by Crippen LogP contribution is 2.17. The molecule has 0 saturated heterocycles. The van der Waals surface area contributed by atoms with Crippen molar-refractivity contribution in [2.45, 2.75) is 57.5 Å². The summed E-state index contributed by atoms with van der Waals surface area (Å²) in [6, 6.07) is 11.8. The van der Waals surface area contributed by atoms with Crippen molar-refractivity contribution in [2.24, 2.45) is 0 Å². The van der Waals surface area contributed by atoms with E-state index in [1.807, 2.05) is 0 Å². The van der Waals surface area contributed by atoms with E-state index in [9.17, 15) is 28.6 Å². The Hall–Kier alpha value is -3.16. The first kappa shape index (κ1) is 24.1.